The van der Waals surface area contributed by atoms with E-state index in [9.17, 15) is 9.59 Å². The second-order valence-corrected chi connectivity index (χ2v) is 9.18. The molecule has 2 aromatic rings. The second kappa shape index (κ2) is 10.8. The average molecular weight is 435 g/mol. The number of amides is 2. The van der Waals surface area contributed by atoms with Crippen molar-refractivity contribution in [3.8, 4) is 0 Å². The van der Waals surface area contributed by atoms with Crippen molar-refractivity contribution in [1.29, 1.82) is 0 Å². The molecule has 4 rings (SSSR count). The monoisotopic (exact) mass is 434 g/mol. The minimum absolute atomic E-state index is 0.00639. The molecule has 0 radical (unpaired) electrons. The number of nitrogens with zero attached hydrogens (tertiary/aromatic N) is 1. The van der Waals surface area contributed by atoms with Gasteiger partial charge in [0, 0.05) is 24.8 Å². The third-order valence-corrected chi connectivity index (χ3v) is 6.56. The quantitative estimate of drug-likeness (QED) is 0.663. The molecule has 5 nitrogen and oxygen atoms in total. The Kier molecular flexibility index (Phi) is 7.59. The van der Waals surface area contributed by atoms with Crippen molar-refractivity contribution in [2.45, 2.75) is 64.5 Å². The molecule has 1 N–H and O–H groups in total. The van der Waals surface area contributed by atoms with Crippen LogP contribution >= 0.6 is 0 Å². The zero-order chi connectivity index (χ0) is 22.3. The Hall–Kier alpha value is -2.66. The van der Waals surface area contributed by atoms with Crippen LogP contribution in [0.1, 0.15) is 55.2 Å². The summed E-state index contributed by atoms with van der Waals surface area (Å²) in [7, 11) is 0. The molecule has 1 heterocycles. The van der Waals surface area contributed by atoms with Gasteiger partial charge in [0.05, 0.1) is 19.1 Å². The first-order chi connectivity index (χ1) is 15.6. The van der Waals surface area contributed by atoms with E-state index in [-0.39, 0.29) is 23.8 Å². The molecule has 0 unspecified atom stereocenters. The fourth-order valence-electron chi connectivity index (χ4n) is 4.76. The van der Waals surface area contributed by atoms with E-state index in [0.29, 0.717) is 19.5 Å². The van der Waals surface area contributed by atoms with Crippen LogP contribution in [0.25, 0.3) is 0 Å². The molecule has 2 aromatic carbocycles. The van der Waals surface area contributed by atoms with Crippen LogP contribution < -0.4 is 10.2 Å². The van der Waals surface area contributed by atoms with Crippen LogP contribution in [-0.4, -0.2) is 31.1 Å². The number of rotatable bonds is 8. The molecule has 1 aliphatic heterocycles. The minimum atomic E-state index is 0.00639. The lowest BCUT2D eigenvalue weighted by Crippen LogP contribution is -2.35. The molecule has 32 heavy (non-hydrogen) atoms. The van der Waals surface area contributed by atoms with Crippen molar-refractivity contribution in [3.05, 3.63) is 65.2 Å². The Morgan fingerprint density at radius 1 is 1.00 bits per heavy atom. The molecule has 1 saturated carbocycles. The highest BCUT2D eigenvalue weighted by atomic mass is 16.5. The number of carbonyl (C=O) groups is 2. The Morgan fingerprint density at radius 2 is 1.78 bits per heavy atom. The summed E-state index contributed by atoms with van der Waals surface area (Å²) >= 11 is 0. The van der Waals surface area contributed by atoms with E-state index < -0.39 is 0 Å². The van der Waals surface area contributed by atoms with Crippen molar-refractivity contribution < 1.29 is 14.3 Å². The molecule has 0 aromatic heterocycles. The van der Waals surface area contributed by atoms with Gasteiger partial charge in [-0.3, -0.25) is 9.59 Å². The number of hydrogen-bond acceptors (Lipinski definition) is 3. The van der Waals surface area contributed by atoms with E-state index >= 15 is 0 Å². The lowest BCUT2D eigenvalue weighted by molar-refractivity contribution is -0.122. The standard InChI is InChI=1S/C27H34N2O3/c1-20-6-4-7-22(16-20)19-29(27(31)23-8-2-3-9-23)24-13-11-21(12-14-24)17-26(30)28-18-25-10-5-15-32-25/h4,6-7,11-14,16,23,25H,2-3,5,8-10,15,17-19H2,1H3,(H,28,30)/t25-/m1/s1. The first-order valence-corrected chi connectivity index (χ1v) is 11.9. The van der Waals surface area contributed by atoms with E-state index in [0.717, 1.165) is 61.9 Å². The van der Waals surface area contributed by atoms with Crippen LogP contribution in [0, 0.1) is 12.8 Å². The SMILES string of the molecule is Cc1cccc(CN(C(=O)C2CCCC2)c2ccc(CC(=O)NC[C@H]3CCCO3)cc2)c1. The molecule has 170 valence electrons. The zero-order valence-electron chi connectivity index (χ0n) is 19.0. The molecule has 1 saturated heterocycles. The lowest BCUT2D eigenvalue weighted by atomic mass is 10.0. The van der Waals surface area contributed by atoms with Gasteiger partial charge in [0.25, 0.3) is 0 Å². The summed E-state index contributed by atoms with van der Waals surface area (Å²) in [6.07, 6.45) is 6.79. The largest absolute Gasteiger partial charge is 0.376 e. The summed E-state index contributed by atoms with van der Waals surface area (Å²) < 4.78 is 5.56. The van der Waals surface area contributed by atoms with Crippen LogP contribution in [0.2, 0.25) is 0 Å². The Labute approximate surface area is 191 Å². The van der Waals surface area contributed by atoms with Gasteiger partial charge in [0.1, 0.15) is 0 Å². The van der Waals surface area contributed by atoms with Crippen LogP contribution in [0.4, 0.5) is 5.69 Å². The minimum Gasteiger partial charge on any atom is -0.376 e. The predicted molar refractivity (Wildman–Crippen MR) is 126 cm³/mol. The molecular formula is C27H34N2O3. The lowest BCUT2D eigenvalue weighted by Gasteiger charge is -2.26. The number of carbonyl (C=O) groups excluding carboxylic acids is 2. The zero-order valence-corrected chi connectivity index (χ0v) is 19.0. The van der Waals surface area contributed by atoms with Crippen LogP contribution in [0.15, 0.2) is 48.5 Å². The fourth-order valence-corrected chi connectivity index (χ4v) is 4.76. The number of hydrogen-bond donors (Lipinski definition) is 1. The molecule has 2 aliphatic rings. The van der Waals surface area contributed by atoms with Crippen LogP contribution in [-0.2, 0) is 27.3 Å². The van der Waals surface area contributed by atoms with Gasteiger partial charge in [-0.1, -0.05) is 54.8 Å². The maximum Gasteiger partial charge on any atom is 0.230 e. The van der Waals surface area contributed by atoms with Gasteiger partial charge in [0.15, 0.2) is 0 Å². The molecule has 5 heteroatoms. The fraction of sp³-hybridized carbons (Fsp3) is 0.481. The van der Waals surface area contributed by atoms with Crippen molar-refractivity contribution in [1.82, 2.24) is 5.32 Å². The van der Waals surface area contributed by atoms with E-state index in [2.05, 4.69) is 30.4 Å². The number of ether oxygens (including phenoxy) is 1. The third kappa shape index (κ3) is 5.98. The third-order valence-electron chi connectivity index (χ3n) is 6.56. The Balaban J connectivity index is 1.43. The highest BCUT2D eigenvalue weighted by Gasteiger charge is 2.28. The molecule has 0 bridgehead atoms. The smallest absolute Gasteiger partial charge is 0.230 e. The summed E-state index contributed by atoms with van der Waals surface area (Å²) in [4.78, 5) is 27.6. The van der Waals surface area contributed by atoms with E-state index in [1.54, 1.807) is 0 Å². The Bertz CT molecular complexity index is 913. The summed E-state index contributed by atoms with van der Waals surface area (Å²) in [6, 6.07) is 16.2. The maximum atomic E-state index is 13.4. The number of nitrogens with one attached hydrogen (secondary N) is 1. The molecule has 1 atom stereocenters. The first-order valence-electron chi connectivity index (χ1n) is 11.9. The second-order valence-electron chi connectivity index (χ2n) is 9.18. The molecule has 2 amide bonds. The number of anilines is 1. The van der Waals surface area contributed by atoms with Crippen molar-refractivity contribution in [3.63, 3.8) is 0 Å². The summed E-state index contributed by atoms with van der Waals surface area (Å²) in [5, 5.41) is 2.98. The predicted octanol–water partition coefficient (Wildman–Crippen LogP) is 4.56. The van der Waals surface area contributed by atoms with Gasteiger partial charge in [-0.05, 0) is 55.9 Å². The van der Waals surface area contributed by atoms with E-state index in [1.165, 1.54) is 5.56 Å². The van der Waals surface area contributed by atoms with Gasteiger partial charge in [-0.2, -0.15) is 0 Å². The molecule has 1 aliphatic carbocycles. The summed E-state index contributed by atoms with van der Waals surface area (Å²) in [5.41, 5.74) is 4.17. The van der Waals surface area contributed by atoms with Crippen LogP contribution in [0.5, 0.6) is 0 Å². The normalized spacial score (nSPS) is 18.6. The average Bonchev–Trinajstić information content (AvgIpc) is 3.51. The Morgan fingerprint density at radius 3 is 2.47 bits per heavy atom. The van der Waals surface area contributed by atoms with Crippen molar-refractivity contribution in [2.75, 3.05) is 18.1 Å². The van der Waals surface area contributed by atoms with Gasteiger partial charge in [-0.25, -0.2) is 0 Å². The highest BCUT2D eigenvalue weighted by molar-refractivity contribution is 5.95. The number of benzene rings is 2. The van der Waals surface area contributed by atoms with Gasteiger partial charge >= 0.3 is 0 Å². The molecule has 2 fully saturated rings. The summed E-state index contributed by atoms with van der Waals surface area (Å²) in [6.45, 7) is 4.02. The number of aryl methyl sites for hydroxylation is 1. The first kappa shape index (κ1) is 22.5. The van der Waals surface area contributed by atoms with E-state index in [1.807, 2.05) is 35.2 Å². The van der Waals surface area contributed by atoms with E-state index in [4.69, 9.17) is 4.74 Å². The van der Waals surface area contributed by atoms with Gasteiger partial charge in [0.2, 0.25) is 11.8 Å². The highest BCUT2D eigenvalue weighted by Crippen LogP contribution is 2.30. The van der Waals surface area contributed by atoms with Gasteiger partial charge < -0.3 is 15.0 Å². The molecular weight excluding hydrogens is 400 g/mol. The maximum absolute atomic E-state index is 13.4. The van der Waals surface area contributed by atoms with Crippen LogP contribution in [0.3, 0.4) is 0 Å². The summed E-state index contributed by atoms with van der Waals surface area (Å²) in [5.74, 6) is 0.334. The molecule has 0 spiro atoms. The van der Waals surface area contributed by atoms with Crippen molar-refractivity contribution in [2.24, 2.45) is 5.92 Å². The topological polar surface area (TPSA) is 58.6 Å². The van der Waals surface area contributed by atoms with Gasteiger partial charge in [-0.15, -0.1) is 0 Å². The van der Waals surface area contributed by atoms with Crippen molar-refractivity contribution >= 4 is 17.5 Å².